The molecule has 0 aromatic heterocycles. The van der Waals surface area contributed by atoms with Crippen LogP contribution in [0.3, 0.4) is 0 Å². The summed E-state index contributed by atoms with van der Waals surface area (Å²) in [4.78, 5) is 0. The van der Waals surface area contributed by atoms with Crippen LogP contribution < -0.4 is 0 Å². The molecule has 1 aromatic carbocycles. The fourth-order valence-corrected chi connectivity index (χ4v) is 2.29. The van der Waals surface area contributed by atoms with Gasteiger partial charge in [-0.25, -0.2) is 0 Å². The number of halogens is 1. The molecule has 0 fully saturated rings. The van der Waals surface area contributed by atoms with E-state index in [0.29, 0.717) is 0 Å². The van der Waals surface area contributed by atoms with Gasteiger partial charge >= 0.3 is 0 Å². The van der Waals surface area contributed by atoms with Gasteiger partial charge in [-0.1, -0.05) is 48.2 Å². The summed E-state index contributed by atoms with van der Waals surface area (Å²) in [5, 5.41) is 0. The summed E-state index contributed by atoms with van der Waals surface area (Å²) in [5.74, 6) is 0. The van der Waals surface area contributed by atoms with Gasteiger partial charge in [0, 0.05) is 4.47 Å². The normalized spacial score (nSPS) is 10.7. The van der Waals surface area contributed by atoms with Crippen molar-refractivity contribution < 1.29 is 0 Å². The Bertz CT molecular complexity index is 315. The predicted molar refractivity (Wildman–Crippen MR) is 71.5 cm³/mol. The minimum absolute atomic E-state index is 1.23. The molecule has 0 spiro atoms. The monoisotopic (exact) mass is 268 g/mol. The molecular weight excluding hydrogens is 248 g/mol. The Balaban J connectivity index is 2.58. The van der Waals surface area contributed by atoms with E-state index in [9.17, 15) is 0 Å². The van der Waals surface area contributed by atoms with Gasteiger partial charge in [-0.05, 0) is 49.4 Å². The van der Waals surface area contributed by atoms with E-state index in [1.807, 2.05) is 0 Å². The van der Waals surface area contributed by atoms with Crippen molar-refractivity contribution in [1.29, 1.82) is 0 Å². The van der Waals surface area contributed by atoms with Crippen molar-refractivity contribution in [3.8, 4) is 0 Å². The Kier molecular flexibility index (Phi) is 5.38. The molecule has 0 nitrogen and oxygen atoms in total. The van der Waals surface area contributed by atoms with Crippen LogP contribution in [0, 0.1) is 13.8 Å². The summed E-state index contributed by atoms with van der Waals surface area (Å²) in [6.07, 6.45) is 6.62. The van der Waals surface area contributed by atoms with E-state index in [0.717, 1.165) is 0 Å². The molecule has 0 aliphatic carbocycles. The average Bonchev–Trinajstić information content (AvgIpc) is 2.24. The molecule has 0 radical (unpaired) electrons. The summed E-state index contributed by atoms with van der Waals surface area (Å²) >= 11 is 3.57. The average molecular weight is 269 g/mol. The first-order valence-electron chi connectivity index (χ1n) is 5.91. The molecule has 0 saturated carbocycles. The third kappa shape index (κ3) is 3.64. The molecule has 1 aromatic rings. The maximum absolute atomic E-state index is 3.57. The quantitative estimate of drug-likeness (QED) is 0.645. The van der Waals surface area contributed by atoms with Gasteiger partial charge in [0.1, 0.15) is 0 Å². The molecule has 84 valence electrons. The predicted octanol–water partition coefficient (Wildman–Crippen LogP) is 5.19. The van der Waals surface area contributed by atoms with Gasteiger partial charge in [0.2, 0.25) is 0 Å². The summed E-state index contributed by atoms with van der Waals surface area (Å²) in [7, 11) is 0. The van der Waals surface area contributed by atoms with Gasteiger partial charge in [-0.3, -0.25) is 0 Å². The van der Waals surface area contributed by atoms with E-state index in [1.54, 1.807) is 0 Å². The lowest BCUT2D eigenvalue weighted by Crippen LogP contribution is -1.93. The van der Waals surface area contributed by atoms with E-state index < -0.39 is 0 Å². The van der Waals surface area contributed by atoms with Crippen LogP contribution in [0.25, 0.3) is 0 Å². The molecule has 0 aliphatic heterocycles. The highest BCUT2D eigenvalue weighted by molar-refractivity contribution is 9.10. The number of hydrogen-bond donors (Lipinski definition) is 0. The molecule has 0 bridgehead atoms. The number of unbranched alkanes of at least 4 members (excludes halogenated alkanes) is 3. The Morgan fingerprint density at radius 3 is 2.40 bits per heavy atom. The molecule has 15 heavy (non-hydrogen) atoms. The van der Waals surface area contributed by atoms with Crippen LogP contribution in [-0.2, 0) is 6.42 Å². The first-order valence-corrected chi connectivity index (χ1v) is 6.70. The van der Waals surface area contributed by atoms with Crippen molar-refractivity contribution in [3.05, 3.63) is 33.3 Å². The van der Waals surface area contributed by atoms with Gasteiger partial charge in [-0.2, -0.15) is 0 Å². The minimum Gasteiger partial charge on any atom is -0.0654 e. The molecule has 0 atom stereocenters. The van der Waals surface area contributed by atoms with Crippen LogP contribution in [0.15, 0.2) is 16.6 Å². The minimum atomic E-state index is 1.23. The zero-order chi connectivity index (χ0) is 11.3. The lowest BCUT2D eigenvalue weighted by Gasteiger charge is -2.10. The smallest absolute Gasteiger partial charge is 0.0207 e. The Morgan fingerprint density at radius 2 is 1.73 bits per heavy atom. The Hall–Kier alpha value is -0.300. The summed E-state index contributed by atoms with van der Waals surface area (Å²) in [5.41, 5.74) is 4.37. The van der Waals surface area contributed by atoms with Crippen LogP contribution in [0.5, 0.6) is 0 Å². The van der Waals surface area contributed by atoms with E-state index >= 15 is 0 Å². The van der Waals surface area contributed by atoms with Crippen molar-refractivity contribution in [2.75, 3.05) is 0 Å². The fraction of sp³-hybridized carbons (Fsp3) is 0.571. The first kappa shape index (κ1) is 12.8. The van der Waals surface area contributed by atoms with Crippen LogP contribution in [0.1, 0.15) is 49.3 Å². The number of hydrogen-bond acceptors (Lipinski definition) is 0. The SMILES string of the molecule is CCCCCCc1ccc(Br)c(C)c1C. The van der Waals surface area contributed by atoms with Crippen molar-refractivity contribution in [2.45, 2.75) is 52.9 Å². The standard InChI is InChI=1S/C14H21Br/c1-4-5-6-7-8-13-9-10-14(15)12(3)11(13)2/h9-10H,4-8H2,1-3H3. The summed E-state index contributed by atoms with van der Waals surface area (Å²) in [6, 6.07) is 4.44. The summed E-state index contributed by atoms with van der Waals surface area (Å²) in [6.45, 7) is 6.68. The Morgan fingerprint density at radius 1 is 1.00 bits per heavy atom. The number of aryl methyl sites for hydroxylation is 1. The van der Waals surface area contributed by atoms with Gasteiger partial charge < -0.3 is 0 Å². The fourth-order valence-electron chi connectivity index (χ4n) is 1.86. The lowest BCUT2D eigenvalue weighted by molar-refractivity contribution is 0.665. The van der Waals surface area contributed by atoms with Crippen LogP contribution in [-0.4, -0.2) is 0 Å². The van der Waals surface area contributed by atoms with Crippen molar-refractivity contribution in [3.63, 3.8) is 0 Å². The highest BCUT2D eigenvalue weighted by Crippen LogP contribution is 2.23. The molecule has 0 amide bonds. The highest BCUT2D eigenvalue weighted by atomic mass is 79.9. The van der Waals surface area contributed by atoms with Crippen molar-refractivity contribution >= 4 is 15.9 Å². The van der Waals surface area contributed by atoms with Gasteiger partial charge in [0.25, 0.3) is 0 Å². The van der Waals surface area contributed by atoms with Crippen LogP contribution in [0.2, 0.25) is 0 Å². The molecule has 1 heteroatoms. The topological polar surface area (TPSA) is 0 Å². The maximum Gasteiger partial charge on any atom is 0.0207 e. The van der Waals surface area contributed by atoms with Gasteiger partial charge in [0.05, 0.1) is 0 Å². The van der Waals surface area contributed by atoms with Crippen LogP contribution in [0.4, 0.5) is 0 Å². The van der Waals surface area contributed by atoms with E-state index in [-0.39, 0.29) is 0 Å². The van der Waals surface area contributed by atoms with Crippen molar-refractivity contribution in [1.82, 2.24) is 0 Å². The number of benzene rings is 1. The third-order valence-corrected chi connectivity index (χ3v) is 3.99. The van der Waals surface area contributed by atoms with E-state index in [4.69, 9.17) is 0 Å². The van der Waals surface area contributed by atoms with Gasteiger partial charge in [-0.15, -0.1) is 0 Å². The summed E-state index contributed by atoms with van der Waals surface area (Å²) < 4.78 is 1.23. The Labute approximate surface area is 102 Å². The lowest BCUT2D eigenvalue weighted by atomic mass is 9.98. The van der Waals surface area contributed by atoms with E-state index in [1.165, 1.54) is 53.3 Å². The molecule has 0 saturated heterocycles. The molecule has 0 aliphatic rings. The molecule has 0 N–H and O–H groups in total. The first-order chi connectivity index (χ1) is 7.16. The second kappa shape index (κ2) is 6.32. The van der Waals surface area contributed by atoms with E-state index in [2.05, 4.69) is 48.8 Å². The second-order valence-corrected chi connectivity index (χ2v) is 5.12. The molecule has 1 rings (SSSR count). The molecule has 0 heterocycles. The molecule has 0 unspecified atom stereocenters. The third-order valence-electron chi connectivity index (χ3n) is 3.13. The van der Waals surface area contributed by atoms with Gasteiger partial charge in [0.15, 0.2) is 0 Å². The van der Waals surface area contributed by atoms with Crippen LogP contribution >= 0.6 is 15.9 Å². The second-order valence-electron chi connectivity index (χ2n) is 4.27. The number of rotatable bonds is 5. The highest BCUT2D eigenvalue weighted by Gasteiger charge is 2.03. The maximum atomic E-state index is 3.57. The zero-order valence-corrected chi connectivity index (χ0v) is 11.7. The molecular formula is C14H21Br. The van der Waals surface area contributed by atoms with Crippen molar-refractivity contribution in [2.24, 2.45) is 0 Å². The largest absolute Gasteiger partial charge is 0.0654 e. The zero-order valence-electron chi connectivity index (χ0n) is 10.1.